The van der Waals surface area contributed by atoms with Gasteiger partial charge < -0.3 is 13.7 Å². The largest absolute Gasteiger partial charge is 0.726 e. The minimum absolute atomic E-state index is 0.808. The molecule has 5 rings (SSSR count). The number of aromatic nitrogens is 4. The van der Waals surface area contributed by atoms with Crippen LogP contribution in [-0.2, 0) is 42.8 Å². The Bertz CT molecular complexity index is 1630. The first kappa shape index (κ1) is 24.2. The molecule has 0 unspecified atom stereocenters. The summed E-state index contributed by atoms with van der Waals surface area (Å²) in [6.45, 7) is 0. The molecule has 0 atom stereocenters. The second-order valence-corrected chi connectivity index (χ2v) is 10.1. The van der Waals surface area contributed by atoms with Crippen molar-refractivity contribution in [1.82, 2.24) is 13.7 Å². The van der Waals surface area contributed by atoms with E-state index in [1.165, 1.54) is 44.5 Å². The number of hydrogen-bond donors (Lipinski definition) is 0. The number of fused-ring (bicyclic) bond motifs is 2. The van der Waals surface area contributed by atoms with E-state index in [1.54, 1.807) is 0 Å². The first-order valence-corrected chi connectivity index (χ1v) is 12.5. The molecule has 0 amide bonds. The third-order valence-electron chi connectivity index (χ3n) is 5.90. The van der Waals surface area contributed by atoms with Crippen LogP contribution in [0.5, 0.6) is 0 Å². The molecule has 0 aliphatic carbocycles. The minimum Gasteiger partial charge on any atom is -0.726 e. The van der Waals surface area contributed by atoms with Crippen molar-refractivity contribution in [3.63, 3.8) is 0 Å². The second kappa shape index (κ2) is 9.03. The van der Waals surface area contributed by atoms with Crippen molar-refractivity contribution in [2.75, 3.05) is 7.11 Å². The first-order valence-electron chi connectivity index (χ1n) is 10.4. The van der Waals surface area contributed by atoms with E-state index in [0.717, 1.165) is 11.6 Å². The number of benzene rings is 2. The summed E-state index contributed by atoms with van der Waals surface area (Å²) in [7, 11) is 4.89. The van der Waals surface area contributed by atoms with Gasteiger partial charge in [-0.25, -0.2) is 17.6 Å². The van der Waals surface area contributed by atoms with Crippen molar-refractivity contribution in [3.8, 4) is 22.6 Å². The molecule has 3 heterocycles. The fourth-order valence-electron chi connectivity index (χ4n) is 4.38. The predicted octanol–water partition coefficient (Wildman–Crippen LogP) is 4.02. The predicted molar refractivity (Wildman–Crippen MR) is 135 cm³/mol. The summed E-state index contributed by atoms with van der Waals surface area (Å²) in [4.78, 5) is 0. The molecule has 34 heavy (non-hydrogen) atoms. The molecule has 0 spiro atoms. The van der Waals surface area contributed by atoms with E-state index < -0.39 is 10.4 Å². The van der Waals surface area contributed by atoms with Crippen molar-refractivity contribution in [3.05, 3.63) is 65.5 Å². The first-order chi connectivity index (χ1) is 16.0. The molecule has 2 aromatic carbocycles. The van der Waals surface area contributed by atoms with Gasteiger partial charge in [0.25, 0.3) is 5.82 Å². The lowest BCUT2D eigenvalue weighted by molar-refractivity contribution is -0.659. The molecule has 0 radical (unpaired) electrons. The molecule has 0 fully saturated rings. The van der Waals surface area contributed by atoms with Gasteiger partial charge in [-0.05, 0) is 18.2 Å². The highest BCUT2D eigenvalue weighted by molar-refractivity contribution is 9.10. The van der Waals surface area contributed by atoms with Gasteiger partial charge in [-0.2, -0.15) is 0 Å². The zero-order valence-electron chi connectivity index (χ0n) is 19.5. The standard InChI is InChI=1S/C23H22BrN4.CH4O4S/c1-25-12-18(16-7-5-6-8-20(16)25)22-14-27(3)23(28(22)4)19-13-26(2)21-11-15(24)9-10-17(19)21;1-5-6(2,3)4/h5-14H,1-4H3;1H3,(H,2,3,4)/q+1;/p-1. The Labute approximate surface area is 206 Å². The lowest BCUT2D eigenvalue weighted by atomic mass is 10.1. The highest BCUT2D eigenvalue weighted by atomic mass is 79.9. The van der Waals surface area contributed by atoms with Gasteiger partial charge in [0.2, 0.25) is 10.4 Å². The fraction of sp³-hybridized carbons (Fsp3) is 0.208. The second-order valence-electron chi connectivity index (χ2n) is 8.07. The lowest BCUT2D eigenvalue weighted by Crippen LogP contribution is -2.28. The number of rotatable bonds is 3. The van der Waals surface area contributed by atoms with Gasteiger partial charge in [-0.15, -0.1) is 0 Å². The van der Waals surface area contributed by atoms with Crippen LogP contribution in [0.2, 0.25) is 0 Å². The number of nitrogens with zero attached hydrogens (tertiary/aromatic N) is 4. The Hall–Kier alpha value is -2.92. The van der Waals surface area contributed by atoms with Crippen molar-refractivity contribution in [2.24, 2.45) is 28.2 Å². The normalized spacial score (nSPS) is 11.7. The minimum atomic E-state index is -4.41. The van der Waals surface area contributed by atoms with E-state index in [-0.39, 0.29) is 0 Å². The SMILES string of the molecule is COS(=O)(=O)[O-].Cn1c(-c2cn(C)c3ccccc23)c[n+](C)c1-c1cn(C)c2cc(Br)ccc12. The molecule has 5 aromatic rings. The van der Waals surface area contributed by atoms with Crippen LogP contribution in [-0.4, -0.2) is 33.8 Å². The average molecular weight is 545 g/mol. The Balaban J connectivity index is 0.000000408. The number of aryl methyl sites for hydroxylation is 3. The van der Waals surface area contributed by atoms with Crippen molar-refractivity contribution in [2.45, 2.75) is 0 Å². The van der Waals surface area contributed by atoms with Crippen LogP contribution in [0.15, 0.2) is 65.5 Å². The third kappa shape index (κ3) is 4.41. The van der Waals surface area contributed by atoms with E-state index >= 15 is 0 Å². The van der Waals surface area contributed by atoms with Gasteiger partial charge in [0.05, 0.1) is 32.3 Å². The Morgan fingerprint density at radius 3 is 2.21 bits per heavy atom. The summed E-state index contributed by atoms with van der Waals surface area (Å²) in [5.74, 6) is 1.19. The average Bonchev–Trinajstić information content (AvgIpc) is 3.39. The Kier molecular flexibility index (Phi) is 6.43. The Morgan fingerprint density at radius 2 is 1.53 bits per heavy atom. The third-order valence-corrected chi connectivity index (χ3v) is 6.80. The fourth-order valence-corrected chi connectivity index (χ4v) is 4.73. The summed E-state index contributed by atoms with van der Waals surface area (Å²) >= 11 is 3.59. The molecule has 0 saturated heterocycles. The van der Waals surface area contributed by atoms with Gasteiger partial charge >= 0.3 is 0 Å². The van der Waals surface area contributed by atoms with Gasteiger partial charge in [-0.3, -0.25) is 4.18 Å². The molecule has 0 aliphatic heterocycles. The van der Waals surface area contributed by atoms with Crippen molar-refractivity contribution in [1.29, 1.82) is 0 Å². The summed E-state index contributed by atoms with van der Waals surface area (Å²) in [6.07, 6.45) is 6.68. The highest BCUT2D eigenvalue weighted by Gasteiger charge is 2.26. The van der Waals surface area contributed by atoms with Crippen LogP contribution in [0, 0.1) is 0 Å². The van der Waals surface area contributed by atoms with E-state index in [1.807, 2.05) is 0 Å². The lowest BCUT2D eigenvalue weighted by Gasteiger charge is -2.00. The molecular formula is C24H25BrN4O4S. The van der Waals surface area contributed by atoms with Gasteiger partial charge in [0.1, 0.15) is 6.20 Å². The van der Waals surface area contributed by atoms with E-state index in [2.05, 4.69) is 128 Å². The number of para-hydroxylation sites is 1. The topological polar surface area (TPSA) is 85.1 Å². The summed E-state index contributed by atoms with van der Waals surface area (Å²) in [5, 5.41) is 2.53. The number of hydrogen-bond acceptors (Lipinski definition) is 4. The summed E-state index contributed by atoms with van der Waals surface area (Å²) in [6, 6.07) is 15.1. The van der Waals surface area contributed by atoms with Gasteiger partial charge in [-0.1, -0.05) is 40.2 Å². The molecule has 0 N–H and O–H groups in total. The molecule has 8 nitrogen and oxygen atoms in total. The molecule has 0 saturated carbocycles. The zero-order valence-corrected chi connectivity index (χ0v) is 21.9. The highest BCUT2D eigenvalue weighted by Crippen LogP contribution is 2.34. The van der Waals surface area contributed by atoms with Gasteiger partial charge in [0.15, 0.2) is 5.69 Å². The monoisotopic (exact) mass is 544 g/mol. The Morgan fingerprint density at radius 1 is 0.941 bits per heavy atom. The maximum Gasteiger partial charge on any atom is 0.291 e. The smallest absolute Gasteiger partial charge is 0.291 e. The number of halogens is 1. The molecule has 0 bridgehead atoms. The van der Waals surface area contributed by atoms with Crippen molar-refractivity contribution < 1.29 is 21.7 Å². The summed E-state index contributed by atoms with van der Waals surface area (Å²) in [5.41, 5.74) is 6.17. The molecule has 178 valence electrons. The van der Waals surface area contributed by atoms with Crippen LogP contribution in [0.25, 0.3) is 44.5 Å². The maximum absolute atomic E-state index is 9.22. The molecule has 10 heteroatoms. The van der Waals surface area contributed by atoms with Crippen LogP contribution in [0.4, 0.5) is 0 Å². The zero-order chi connectivity index (χ0) is 24.8. The molecule has 0 aliphatic rings. The van der Waals surface area contributed by atoms with Crippen molar-refractivity contribution >= 4 is 48.1 Å². The number of imidazole rings is 1. The molecular weight excluding hydrogens is 520 g/mol. The quantitative estimate of drug-likeness (QED) is 0.195. The molecule has 3 aromatic heterocycles. The van der Waals surface area contributed by atoms with E-state index in [0.29, 0.717) is 0 Å². The van der Waals surface area contributed by atoms with Crippen LogP contribution < -0.4 is 4.57 Å². The van der Waals surface area contributed by atoms with Crippen LogP contribution in [0.1, 0.15) is 0 Å². The van der Waals surface area contributed by atoms with Crippen LogP contribution in [0.3, 0.4) is 0 Å². The maximum atomic E-state index is 9.22. The van der Waals surface area contributed by atoms with Gasteiger partial charge in [0, 0.05) is 52.8 Å². The van der Waals surface area contributed by atoms with E-state index in [9.17, 15) is 13.0 Å². The van der Waals surface area contributed by atoms with Crippen LogP contribution >= 0.6 is 15.9 Å². The van der Waals surface area contributed by atoms with E-state index in [4.69, 9.17) is 0 Å². The summed E-state index contributed by atoms with van der Waals surface area (Å²) < 4.78 is 41.0.